The summed E-state index contributed by atoms with van der Waals surface area (Å²) in [6.45, 7) is 5.78. The van der Waals surface area contributed by atoms with Gasteiger partial charge in [-0.1, -0.05) is 41.1 Å². The first-order valence-corrected chi connectivity index (χ1v) is 11.0. The minimum atomic E-state index is -0.489. The molecule has 0 fully saturated rings. The highest BCUT2D eigenvalue weighted by Crippen LogP contribution is 2.43. The second-order valence-corrected chi connectivity index (χ2v) is 8.47. The Morgan fingerprint density at radius 3 is 2.52 bits per heavy atom. The first kappa shape index (κ1) is 23.0. The van der Waals surface area contributed by atoms with Crippen molar-refractivity contribution in [2.75, 3.05) is 13.2 Å². The van der Waals surface area contributed by atoms with E-state index in [9.17, 15) is 9.59 Å². The molecule has 1 heterocycles. The van der Waals surface area contributed by atoms with Crippen LogP contribution in [-0.4, -0.2) is 35.2 Å². The quantitative estimate of drug-likeness (QED) is 0.614. The number of nitrogens with one attached hydrogen (secondary N) is 1. The van der Waals surface area contributed by atoms with Gasteiger partial charge in [0.1, 0.15) is 16.9 Å². The van der Waals surface area contributed by atoms with Gasteiger partial charge in [-0.3, -0.25) is 9.59 Å². The zero-order valence-corrected chi connectivity index (χ0v) is 19.1. The number of hydrogen-bond acceptors (Lipinski definition) is 6. The normalized spacial score (nSPS) is 15.4. The zero-order valence-electron chi connectivity index (χ0n) is 17.6. The Morgan fingerprint density at radius 2 is 1.84 bits per heavy atom. The predicted octanol–water partition coefficient (Wildman–Crippen LogP) is 4.50. The molecule has 3 rings (SSSR count). The van der Waals surface area contributed by atoms with Gasteiger partial charge in [0.25, 0.3) is 0 Å². The molecule has 0 spiro atoms. The lowest BCUT2D eigenvalue weighted by atomic mass is 10.2. The standard InChI is InChI=1S/C22H24ClN3O4S/c1-14-5-8-18(9-6-14)29-11-4-12-30-20-10-7-17(23)13-19(20)21-26(16(3)28)25-22(31-21)24-15(2)27/h5-10,13,21H,4,11-12H2,1-3H3,(H,24,25,27)/t21-/m0/s1. The molecule has 0 saturated carbocycles. The zero-order chi connectivity index (χ0) is 22.4. The lowest BCUT2D eigenvalue weighted by Crippen LogP contribution is -2.25. The Morgan fingerprint density at radius 1 is 1.13 bits per heavy atom. The average Bonchev–Trinajstić information content (AvgIpc) is 3.13. The van der Waals surface area contributed by atoms with E-state index in [-0.39, 0.29) is 11.8 Å². The summed E-state index contributed by atoms with van der Waals surface area (Å²) in [6.07, 6.45) is 0.678. The average molecular weight is 462 g/mol. The molecule has 0 radical (unpaired) electrons. The molecule has 0 aliphatic carbocycles. The minimum absolute atomic E-state index is 0.254. The van der Waals surface area contributed by atoms with E-state index in [1.807, 2.05) is 31.2 Å². The van der Waals surface area contributed by atoms with Gasteiger partial charge in [0.2, 0.25) is 11.8 Å². The molecule has 0 bridgehead atoms. The fourth-order valence-electron chi connectivity index (χ4n) is 2.87. The van der Waals surface area contributed by atoms with Crippen molar-refractivity contribution in [1.29, 1.82) is 0 Å². The third-order valence-corrected chi connectivity index (χ3v) is 5.64. The largest absolute Gasteiger partial charge is 0.493 e. The number of nitrogens with zero attached hydrogens (tertiary/aromatic N) is 2. The maximum Gasteiger partial charge on any atom is 0.241 e. The number of amidine groups is 1. The van der Waals surface area contributed by atoms with Crippen molar-refractivity contribution in [2.24, 2.45) is 5.10 Å². The predicted molar refractivity (Wildman–Crippen MR) is 122 cm³/mol. The van der Waals surface area contributed by atoms with Gasteiger partial charge >= 0.3 is 0 Å². The van der Waals surface area contributed by atoms with Crippen LogP contribution in [0, 0.1) is 6.92 Å². The minimum Gasteiger partial charge on any atom is -0.493 e. The lowest BCUT2D eigenvalue weighted by Gasteiger charge is -2.22. The molecule has 7 nitrogen and oxygen atoms in total. The first-order valence-electron chi connectivity index (χ1n) is 9.78. The highest BCUT2D eigenvalue weighted by Gasteiger charge is 2.34. The van der Waals surface area contributed by atoms with Gasteiger partial charge in [0.05, 0.1) is 13.2 Å². The van der Waals surface area contributed by atoms with E-state index in [2.05, 4.69) is 10.4 Å². The van der Waals surface area contributed by atoms with Crippen LogP contribution in [0.3, 0.4) is 0 Å². The number of thioether (sulfide) groups is 1. The summed E-state index contributed by atoms with van der Waals surface area (Å²) in [5.41, 5.74) is 1.89. The summed E-state index contributed by atoms with van der Waals surface area (Å²) in [4.78, 5) is 23.5. The SMILES string of the molecule is CC(=O)NC1=NN(C(C)=O)[C@H](c2cc(Cl)ccc2OCCCOc2ccc(C)cc2)S1. The van der Waals surface area contributed by atoms with E-state index in [4.69, 9.17) is 21.1 Å². The number of hydrazone groups is 1. The van der Waals surface area contributed by atoms with Gasteiger partial charge < -0.3 is 14.8 Å². The van der Waals surface area contributed by atoms with Crippen LogP contribution >= 0.6 is 23.4 Å². The lowest BCUT2D eigenvalue weighted by molar-refractivity contribution is -0.129. The number of amides is 2. The van der Waals surface area contributed by atoms with Crippen molar-refractivity contribution in [3.05, 3.63) is 58.6 Å². The van der Waals surface area contributed by atoms with Crippen molar-refractivity contribution >= 4 is 40.3 Å². The van der Waals surface area contributed by atoms with Crippen LogP contribution in [0.15, 0.2) is 47.6 Å². The molecule has 9 heteroatoms. The van der Waals surface area contributed by atoms with Crippen LogP contribution in [-0.2, 0) is 9.59 Å². The van der Waals surface area contributed by atoms with E-state index in [0.717, 1.165) is 5.75 Å². The van der Waals surface area contributed by atoms with Gasteiger partial charge in [-0.25, -0.2) is 5.01 Å². The topological polar surface area (TPSA) is 80.2 Å². The molecule has 1 aliphatic heterocycles. The molecule has 2 aromatic rings. The fourth-order valence-corrected chi connectivity index (χ4v) is 4.21. The Balaban J connectivity index is 1.64. The van der Waals surface area contributed by atoms with E-state index >= 15 is 0 Å². The summed E-state index contributed by atoms with van der Waals surface area (Å²) in [6, 6.07) is 13.1. The van der Waals surface area contributed by atoms with Crippen molar-refractivity contribution in [1.82, 2.24) is 10.3 Å². The van der Waals surface area contributed by atoms with Crippen LogP contribution in [0.1, 0.15) is 36.8 Å². The summed E-state index contributed by atoms with van der Waals surface area (Å²) >= 11 is 7.46. The van der Waals surface area contributed by atoms with Gasteiger partial charge in [0, 0.05) is 30.9 Å². The summed E-state index contributed by atoms with van der Waals surface area (Å²) < 4.78 is 11.7. The number of hydrogen-bond donors (Lipinski definition) is 1. The van der Waals surface area contributed by atoms with Gasteiger partial charge in [-0.2, -0.15) is 0 Å². The van der Waals surface area contributed by atoms with Crippen molar-refractivity contribution in [2.45, 2.75) is 32.6 Å². The Hall–Kier alpha value is -2.71. The van der Waals surface area contributed by atoms with Crippen molar-refractivity contribution in [3.63, 3.8) is 0 Å². The van der Waals surface area contributed by atoms with E-state index in [0.29, 0.717) is 41.1 Å². The van der Waals surface area contributed by atoms with E-state index < -0.39 is 5.37 Å². The van der Waals surface area contributed by atoms with Crippen molar-refractivity contribution in [3.8, 4) is 11.5 Å². The van der Waals surface area contributed by atoms with Crippen LogP contribution in [0.2, 0.25) is 5.02 Å². The number of carbonyl (C=O) groups is 2. The third kappa shape index (κ3) is 6.38. The molecular weight excluding hydrogens is 438 g/mol. The van der Waals surface area contributed by atoms with Crippen LogP contribution in [0.4, 0.5) is 0 Å². The molecule has 0 unspecified atom stereocenters. The van der Waals surface area contributed by atoms with Gasteiger partial charge in [-0.15, -0.1) is 5.10 Å². The molecule has 164 valence electrons. The number of ether oxygens (including phenoxy) is 2. The first-order chi connectivity index (χ1) is 14.8. The smallest absolute Gasteiger partial charge is 0.241 e. The molecule has 2 amide bonds. The van der Waals surface area contributed by atoms with Crippen molar-refractivity contribution < 1.29 is 19.1 Å². The Kier molecular flexibility index (Phi) is 7.81. The third-order valence-electron chi connectivity index (χ3n) is 4.32. The highest BCUT2D eigenvalue weighted by atomic mass is 35.5. The molecule has 1 atom stereocenters. The maximum absolute atomic E-state index is 12.1. The molecule has 31 heavy (non-hydrogen) atoms. The number of carbonyl (C=O) groups excluding carboxylic acids is 2. The number of benzene rings is 2. The highest BCUT2D eigenvalue weighted by molar-refractivity contribution is 8.14. The van der Waals surface area contributed by atoms with E-state index in [1.165, 1.54) is 36.2 Å². The van der Waals surface area contributed by atoms with Gasteiger partial charge in [0.15, 0.2) is 5.17 Å². The summed E-state index contributed by atoms with van der Waals surface area (Å²) in [5.74, 6) is 0.907. The van der Waals surface area contributed by atoms with Crippen LogP contribution in [0.25, 0.3) is 0 Å². The maximum atomic E-state index is 12.1. The number of halogens is 1. The fraction of sp³-hybridized carbons (Fsp3) is 0.318. The summed E-state index contributed by atoms with van der Waals surface area (Å²) in [5, 5.41) is 8.54. The van der Waals surface area contributed by atoms with Gasteiger partial charge in [-0.05, 0) is 37.3 Å². The Labute approximate surface area is 190 Å². The molecular formula is C22H24ClN3O4S. The molecule has 0 saturated heterocycles. The second-order valence-electron chi connectivity index (χ2n) is 6.97. The number of rotatable bonds is 7. The summed E-state index contributed by atoms with van der Waals surface area (Å²) in [7, 11) is 0. The van der Waals surface area contributed by atoms with E-state index in [1.54, 1.807) is 18.2 Å². The molecule has 0 aromatic heterocycles. The number of aryl methyl sites for hydroxylation is 1. The molecule has 1 N–H and O–H groups in total. The monoisotopic (exact) mass is 461 g/mol. The van der Waals surface area contributed by atoms with Crippen LogP contribution in [0.5, 0.6) is 11.5 Å². The Bertz CT molecular complexity index is 981. The van der Waals surface area contributed by atoms with Crippen LogP contribution < -0.4 is 14.8 Å². The molecule has 2 aromatic carbocycles. The second kappa shape index (κ2) is 10.5. The molecule has 1 aliphatic rings.